The van der Waals surface area contributed by atoms with Crippen LogP contribution in [0.5, 0.6) is 0 Å². The first-order valence-corrected chi connectivity index (χ1v) is 7.16. The summed E-state index contributed by atoms with van der Waals surface area (Å²) < 4.78 is 21.9. The molecule has 0 unspecified atom stereocenters. The second-order valence-corrected chi connectivity index (χ2v) is 5.70. The summed E-state index contributed by atoms with van der Waals surface area (Å²) >= 11 is 0. The fourth-order valence-corrected chi connectivity index (χ4v) is 2.66. The molecule has 0 aromatic rings. The first-order chi connectivity index (χ1) is 8.05. The number of ketones is 1. The van der Waals surface area contributed by atoms with Crippen LogP contribution < -0.4 is 0 Å². The summed E-state index contributed by atoms with van der Waals surface area (Å²) in [5, 5.41) is 0.159. The van der Waals surface area contributed by atoms with Gasteiger partial charge in [-0.3, -0.25) is 9.36 Å². The highest BCUT2D eigenvalue weighted by Crippen LogP contribution is 2.55. The van der Waals surface area contributed by atoms with E-state index in [4.69, 9.17) is 9.05 Å². The Labute approximate surface area is 103 Å². The largest absolute Gasteiger partial charge is 0.364 e. The molecule has 0 heterocycles. The van der Waals surface area contributed by atoms with Gasteiger partial charge in [0.1, 0.15) is 5.31 Å². The predicted molar refractivity (Wildman–Crippen MR) is 69.1 cm³/mol. The topological polar surface area (TPSA) is 52.6 Å². The van der Waals surface area contributed by atoms with Gasteiger partial charge < -0.3 is 9.05 Å². The van der Waals surface area contributed by atoms with Gasteiger partial charge in [0.05, 0.1) is 0 Å². The van der Waals surface area contributed by atoms with Gasteiger partial charge in [-0.05, 0) is 19.3 Å². The monoisotopic (exact) mass is 260 g/mol. The van der Waals surface area contributed by atoms with Crippen molar-refractivity contribution in [3.05, 3.63) is 24.0 Å². The average Bonchev–Trinajstić information content (AvgIpc) is 2.34. The fraction of sp³-hybridized carbons (Fsp3) is 0.583. The minimum atomic E-state index is -3.44. The van der Waals surface area contributed by atoms with E-state index in [1.165, 1.54) is 14.2 Å². The molecule has 0 aromatic carbocycles. The predicted octanol–water partition coefficient (Wildman–Crippen LogP) is 3.69. The zero-order valence-electron chi connectivity index (χ0n) is 10.8. The summed E-state index contributed by atoms with van der Waals surface area (Å²) in [6, 6.07) is 0. The Balaban J connectivity index is 5.08. The lowest BCUT2D eigenvalue weighted by Gasteiger charge is -2.16. The third-order valence-corrected chi connectivity index (χ3v) is 4.23. The number of hydrogen-bond donors (Lipinski definition) is 0. The summed E-state index contributed by atoms with van der Waals surface area (Å²) in [6.45, 7) is 5.49. The third kappa shape index (κ3) is 4.99. The summed E-state index contributed by atoms with van der Waals surface area (Å²) in [6.07, 6.45) is 5.74. The van der Waals surface area contributed by atoms with Gasteiger partial charge in [0.25, 0.3) is 0 Å². The lowest BCUT2D eigenvalue weighted by molar-refractivity contribution is -0.115. The van der Waals surface area contributed by atoms with Gasteiger partial charge in [-0.15, -0.1) is 6.58 Å². The van der Waals surface area contributed by atoms with Gasteiger partial charge >= 0.3 is 7.60 Å². The van der Waals surface area contributed by atoms with E-state index < -0.39 is 7.60 Å². The molecule has 4 nitrogen and oxygen atoms in total. The molecule has 5 heteroatoms. The molecular weight excluding hydrogens is 239 g/mol. The molecule has 0 saturated carbocycles. The minimum Gasteiger partial charge on any atom is -0.308 e. The second-order valence-electron chi connectivity index (χ2n) is 3.49. The van der Waals surface area contributed by atoms with E-state index in [1.807, 2.05) is 6.92 Å². The van der Waals surface area contributed by atoms with Gasteiger partial charge in [0.2, 0.25) is 0 Å². The Morgan fingerprint density at radius 2 is 1.88 bits per heavy atom. The quantitative estimate of drug-likeness (QED) is 0.274. The van der Waals surface area contributed by atoms with Gasteiger partial charge in [0, 0.05) is 20.6 Å². The maximum atomic E-state index is 12.2. The average molecular weight is 260 g/mol. The van der Waals surface area contributed by atoms with E-state index >= 15 is 0 Å². The van der Waals surface area contributed by atoms with Crippen molar-refractivity contribution in [2.75, 3.05) is 14.2 Å². The summed E-state index contributed by atoms with van der Waals surface area (Å²) in [5.41, 5.74) is 0. The number of carbonyl (C=O) groups excluding carboxylic acids is 1. The maximum Gasteiger partial charge on any atom is 0.364 e. The zero-order chi connectivity index (χ0) is 13.3. The number of allylic oxidation sites excluding steroid dienone is 3. The van der Waals surface area contributed by atoms with Crippen molar-refractivity contribution in [2.45, 2.75) is 32.6 Å². The number of hydrogen-bond acceptors (Lipinski definition) is 4. The van der Waals surface area contributed by atoms with Crippen LogP contribution in [0.2, 0.25) is 0 Å². The van der Waals surface area contributed by atoms with E-state index in [-0.39, 0.29) is 11.1 Å². The molecule has 98 valence electrons. The molecule has 0 amide bonds. The van der Waals surface area contributed by atoms with Crippen molar-refractivity contribution in [2.24, 2.45) is 0 Å². The van der Waals surface area contributed by atoms with Gasteiger partial charge in [-0.2, -0.15) is 0 Å². The van der Waals surface area contributed by atoms with Crippen LogP contribution in [-0.2, 0) is 18.4 Å². The molecule has 0 rings (SSSR count). The lowest BCUT2D eigenvalue weighted by atomic mass is 10.2. The number of rotatable bonds is 9. The Morgan fingerprint density at radius 3 is 2.29 bits per heavy atom. The maximum absolute atomic E-state index is 12.2. The number of carbonyl (C=O) groups is 1. The molecular formula is C12H21O4P. The van der Waals surface area contributed by atoms with Crippen molar-refractivity contribution < 1.29 is 18.4 Å². The highest BCUT2D eigenvalue weighted by Gasteiger charge is 2.31. The first kappa shape index (κ1) is 16.3. The Hall–Kier alpha value is -0.700. The van der Waals surface area contributed by atoms with Crippen LogP contribution in [-0.4, -0.2) is 20.0 Å². The second kappa shape index (κ2) is 8.40. The van der Waals surface area contributed by atoms with Crippen LogP contribution in [0, 0.1) is 0 Å². The normalized spacial score (nSPS) is 12.5. The molecule has 0 aliphatic rings. The molecule has 0 aromatic heterocycles. The molecule has 0 radical (unpaired) electrons. The molecule has 0 bridgehead atoms. The Morgan fingerprint density at radius 1 is 1.29 bits per heavy atom. The molecule has 0 aliphatic carbocycles. The van der Waals surface area contributed by atoms with E-state index in [0.29, 0.717) is 19.3 Å². The summed E-state index contributed by atoms with van der Waals surface area (Å²) in [5.74, 6) is -0.177. The lowest BCUT2D eigenvalue weighted by Crippen LogP contribution is -2.05. The molecule has 0 fully saturated rings. The van der Waals surface area contributed by atoms with Crippen molar-refractivity contribution in [3.8, 4) is 0 Å². The number of Topliss-reactive ketones (excluding diaryl/α,β-unsaturated/α-hetero) is 1. The van der Waals surface area contributed by atoms with Crippen LogP contribution >= 0.6 is 7.60 Å². The highest BCUT2D eigenvalue weighted by molar-refractivity contribution is 7.59. The van der Waals surface area contributed by atoms with E-state index in [9.17, 15) is 9.36 Å². The van der Waals surface area contributed by atoms with E-state index in [1.54, 1.807) is 12.2 Å². The van der Waals surface area contributed by atoms with Crippen LogP contribution in [0.1, 0.15) is 32.6 Å². The van der Waals surface area contributed by atoms with Gasteiger partial charge in [-0.1, -0.05) is 19.1 Å². The smallest absolute Gasteiger partial charge is 0.308 e. The Bertz CT molecular complexity index is 325. The van der Waals surface area contributed by atoms with E-state index in [0.717, 1.165) is 6.42 Å². The summed E-state index contributed by atoms with van der Waals surface area (Å²) in [4.78, 5) is 11.9. The van der Waals surface area contributed by atoms with Gasteiger partial charge in [-0.25, -0.2) is 0 Å². The van der Waals surface area contributed by atoms with Crippen molar-refractivity contribution in [3.63, 3.8) is 0 Å². The van der Waals surface area contributed by atoms with E-state index in [2.05, 4.69) is 6.58 Å². The van der Waals surface area contributed by atoms with Gasteiger partial charge in [0.15, 0.2) is 5.78 Å². The van der Waals surface area contributed by atoms with Crippen LogP contribution in [0.25, 0.3) is 0 Å². The van der Waals surface area contributed by atoms with Crippen molar-refractivity contribution >= 4 is 13.4 Å². The van der Waals surface area contributed by atoms with Crippen LogP contribution in [0.4, 0.5) is 0 Å². The standard InChI is InChI=1S/C12H21O4P/c1-5-7-8-10-12(11(13)9-6-2)17(14,15-3)16-4/h5,10H,1,6-9H2,2-4H3. The first-order valence-electron chi connectivity index (χ1n) is 5.62. The minimum absolute atomic E-state index is 0.159. The highest BCUT2D eigenvalue weighted by atomic mass is 31.2. The number of unbranched alkanes of at least 4 members (excludes halogenated alkanes) is 1. The molecule has 0 spiro atoms. The Kier molecular flexibility index (Phi) is 8.05. The molecule has 0 aliphatic heterocycles. The van der Waals surface area contributed by atoms with Crippen LogP contribution in [0.15, 0.2) is 24.0 Å². The summed E-state index contributed by atoms with van der Waals surface area (Å²) in [7, 11) is -0.875. The molecule has 0 N–H and O–H groups in total. The zero-order valence-corrected chi connectivity index (χ0v) is 11.7. The molecule has 0 saturated heterocycles. The molecule has 17 heavy (non-hydrogen) atoms. The van der Waals surface area contributed by atoms with Crippen molar-refractivity contribution in [1.29, 1.82) is 0 Å². The third-order valence-electron chi connectivity index (χ3n) is 2.25. The SMILES string of the molecule is C=CCCC=C(C(=O)CCC)P(=O)(OC)OC. The fourth-order valence-electron chi connectivity index (χ4n) is 1.34. The van der Waals surface area contributed by atoms with Crippen molar-refractivity contribution in [1.82, 2.24) is 0 Å². The van der Waals surface area contributed by atoms with Crippen LogP contribution in [0.3, 0.4) is 0 Å². The molecule has 0 atom stereocenters.